The normalized spacial score (nSPS) is 10.3. The molecule has 0 saturated carbocycles. The van der Waals surface area contributed by atoms with Crippen molar-refractivity contribution in [1.29, 1.82) is 0 Å². The fourth-order valence-electron chi connectivity index (χ4n) is 1.03. The summed E-state index contributed by atoms with van der Waals surface area (Å²) in [5.41, 5.74) is 0. The summed E-state index contributed by atoms with van der Waals surface area (Å²) in [6, 6.07) is 3.86. The summed E-state index contributed by atoms with van der Waals surface area (Å²) in [7, 11) is 1.61. The smallest absolute Gasteiger partial charge is 0.273 e. The molecule has 68 valence electrons. The van der Waals surface area contributed by atoms with Gasteiger partial charge in [-0.05, 0) is 19.1 Å². The average Bonchev–Trinajstić information content (AvgIpc) is 2.71. The van der Waals surface area contributed by atoms with Gasteiger partial charge in [0.15, 0.2) is 0 Å². The molecule has 0 aliphatic heterocycles. The average molecular weight is 195 g/mol. The lowest BCUT2D eigenvalue weighted by atomic mass is 10.4. The first-order chi connectivity index (χ1) is 6.29. The van der Waals surface area contributed by atoms with E-state index in [9.17, 15) is 0 Å². The summed E-state index contributed by atoms with van der Waals surface area (Å²) in [5, 5.41) is 0.657. The zero-order valence-electron chi connectivity index (χ0n) is 7.40. The van der Waals surface area contributed by atoms with Gasteiger partial charge in [0.1, 0.15) is 11.5 Å². The highest BCUT2D eigenvalue weighted by Crippen LogP contribution is 2.30. The van der Waals surface area contributed by atoms with Crippen molar-refractivity contribution in [2.75, 3.05) is 7.11 Å². The van der Waals surface area contributed by atoms with E-state index in [1.54, 1.807) is 13.3 Å². The topological polar surface area (TPSA) is 35.3 Å². The van der Waals surface area contributed by atoms with Crippen LogP contribution in [0.3, 0.4) is 0 Å². The molecule has 0 amide bonds. The predicted octanol–water partition coefficient (Wildman–Crippen LogP) is 2.72. The van der Waals surface area contributed by atoms with Gasteiger partial charge >= 0.3 is 0 Å². The second-order valence-corrected chi connectivity index (χ2v) is 3.60. The van der Waals surface area contributed by atoms with Crippen LogP contribution in [0, 0.1) is 6.92 Å². The minimum atomic E-state index is 0.657. The lowest BCUT2D eigenvalue weighted by Crippen LogP contribution is -1.76. The van der Waals surface area contributed by atoms with Crippen molar-refractivity contribution < 1.29 is 9.15 Å². The monoisotopic (exact) mass is 195 g/mol. The number of aryl methyl sites for hydroxylation is 1. The molecule has 0 spiro atoms. The number of furan rings is 1. The highest BCUT2D eigenvalue weighted by molar-refractivity contribution is 7.16. The van der Waals surface area contributed by atoms with E-state index in [4.69, 9.17) is 9.15 Å². The zero-order valence-corrected chi connectivity index (χ0v) is 8.22. The molecule has 2 rings (SSSR count). The van der Waals surface area contributed by atoms with Gasteiger partial charge < -0.3 is 9.15 Å². The SMILES string of the molecule is COc1ncc(-c2ccc(C)o2)s1. The molecule has 0 atom stereocenters. The number of rotatable bonds is 2. The van der Waals surface area contributed by atoms with E-state index in [2.05, 4.69) is 4.98 Å². The van der Waals surface area contributed by atoms with Crippen LogP contribution in [0.25, 0.3) is 10.6 Å². The molecule has 0 aliphatic carbocycles. The van der Waals surface area contributed by atoms with E-state index >= 15 is 0 Å². The van der Waals surface area contributed by atoms with Crippen molar-refractivity contribution in [3.63, 3.8) is 0 Å². The summed E-state index contributed by atoms with van der Waals surface area (Å²) in [5.74, 6) is 1.75. The van der Waals surface area contributed by atoms with Crippen LogP contribution in [0.5, 0.6) is 5.19 Å². The van der Waals surface area contributed by atoms with E-state index in [1.165, 1.54) is 11.3 Å². The standard InChI is InChI=1S/C9H9NO2S/c1-6-3-4-7(12-6)8-5-10-9(11-2)13-8/h3-5H,1-2H3. The second kappa shape index (κ2) is 3.22. The Bertz CT molecular complexity index is 405. The second-order valence-electron chi connectivity index (χ2n) is 2.60. The van der Waals surface area contributed by atoms with Crippen LogP contribution in [0.1, 0.15) is 5.76 Å². The predicted molar refractivity (Wildman–Crippen MR) is 51.1 cm³/mol. The Morgan fingerprint density at radius 3 is 2.85 bits per heavy atom. The maximum Gasteiger partial charge on any atom is 0.273 e. The van der Waals surface area contributed by atoms with Gasteiger partial charge in [0.2, 0.25) is 0 Å². The number of nitrogens with zero attached hydrogens (tertiary/aromatic N) is 1. The quantitative estimate of drug-likeness (QED) is 0.739. The maximum absolute atomic E-state index is 5.44. The van der Waals surface area contributed by atoms with E-state index in [-0.39, 0.29) is 0 Å². The van der Waals surface area contributed by atoms with Gasteiger partial charge in [-0.2, -0.15) is 0 Å². The van der Waals surface area contributed by atoms with Crippen LogP contribution in [0.15, 0.2) is 22.7 Å². The zero-order chi connectivity index (χ0) is 9.26. The van der Waals surface area contributed by atoms with Crippen molar-refractivity contribution >= 4 is 11.3 Å². The number of aromatic nitrogens is 1. The highest BCUT2D eigenvalue weighted by Gasteiger charge is 2.07. The Hall–Kier alpha value is -1.29. The Balaban J connectivity index is 2.35. The van der Waals surface area contributed by atoms with Crippen LogP contribution in [0.4, 0.5) is 0 Å². The molecule has 0 N–H and O–H groups in total. The fraction of sp³-hybridized carbons (Fsp3) is 0.222. The first kappa shape index (κ1) is 8.31. The third-order valence-corrected chi connectivity index (χ3v) is 2.62. The van der Waals surface area contributed by atoms with Crippen LogP contribution >= 0.6 is 11.3 Å². The van der Waals surface area contributed by atoms with Crippen molar-refractivity contribution in [3.8, 4) is 15.8 Å². The molecule has 0 aliphatic rings. The summed E-state index contributed by atoms with van der Waals surface area (Å²) in [6.07, 6.45) is 1.75. The molecule has 0 bridgehead atoms. The first-order valence-corrected chi connectivity index (χ1v) is 4.68. The molecule has 0 fully saturated rings. The van der Waals surface area contributed by atoms with Gasteiger partial charge in [-0.3, -0.25) is 0 Å². The summed E-state index contributed by atoms with van der Waals surface area (Å²) in [4.78, 5) is 5.05. The lowest BCUT2D eigenvalue weighted by Gasteiger charge is -1.88. The third-order valence-electron chi connectivity index (χ3n) is 1.64. The molecule has 0 aromatic carbocycles. The summed E-state index contributed by atoms with van der Waals surface area (Å²) >= 11 is 1.47. The molecule has 2 aromatic heterocycles. The molecular weight excluding hydrogens is 186 g/mol. The number of thiazole rings is 1. The minimum Gasteiger partial charge on any atom is -0.473 e. The fourth-order valence-corrected chi connectivity index (χ4v) is 1.73. The third kappa shape index (κ3) is 1.58. The van der Waals surface area contributed by atoms with Crippen LogP contribution < -0.4 is 4.74 Å². The number of hydrogen-bond acceptors (Lipinski definition) is 4. The van der Waals surface area contributed by atoms with Crippen molar-refractivity contribution in [3.05, 3.63) is 24.1 Å². The Morgan fingerprint density at radius 2 is 2.31 bits per heavy atom. The lowest BCUT2D eigenvalue weighted by molar-refractivity contribution is 0.412. The molecule has 2 aromatic rings. The molecule has 2 heterocycles. The van der Waals surface area contributed by atoms with Crippen molar-refractivity contribution in [1.82, 2.24) is 4.98 Å². The van der Waals surface area contributed by atoms with E-state index in [0.717, 1.165) is 16.4 Å². The van der Waals surface area contributed by atoms with Crippen LogP contribution in [-0.4, -0.2) is 12.1 Å². The Kier molecular flexibility index (Phi) is 2.06. The molecular formula is C9H9NO2S. The highest BCUT2D eigenvalue weighted by atomic mass is 32.1. The van der Waals surface area contributed by atoms with Crippen LogP contribution in [-0.2, 0) is 0 Å². The molecule has 0 unspecified atom stereocenters. The molecule has 3 nitrogen and oxygen atoms in total. The number of methoxy groups -OCH3 is 1. The first-order valence-electron chi connectivity index (χ1n) is 3.86. The van der Waals surface area contributed by atoms with Gasteiger partial charge in [0, 0.05) is 0 Å². The van der Waals surface area contributed by atoms with E-state index in [1.807, 2.05) is 19.1 Å². The maximum atomic E-state index is 5.44. The van der Waals surface area contributed by atoms with Gasteiger partial charge in [0.05, 0.1) is 18.2 Å². The van der Waals surface area contributed by atoms with Crippen molar-refractivity contribution in [2.45, 2.75) is 6.92 Å². The Morgan fingerprint density at radius 1 is 1.46 bits per heavy atom. The molecule has 0 radical (unpaired) electrons. The number of ether oxygens (including phenoxy) is 1. The summed E-state index contributed by atoms with van der Waals surface area (Å²) in [6.45, 7) is 1.92. The largest absolute Gasteiger partial charge is 0.473 e. The molecule has 13 heavy (non-hydrogen) atoms. The molecule has 0 saturated heterocycles. The number of hydrogen-bond donors (Lipinski definition) is 0. The van der Waals surface area contributed by atoms with Crippen molar-refractivity contribution in [2.24, 2.45) is 0 Å². The minimum absolute atomic E-state index is 0.657. The van der Waals surface area contributed by atoms with Gasteiger partial charge in [-0.1, -0.05) is 11.3 Å². The van der Waals surface area contributed by atoms with E-state index < -0.39 is 0 Å². The Labute approximate surface area is 80.0 Å². The van der Waals surface area contributed by atoms with E-state index in [0.29, 0.717) is 5.19 Å². The van der Waals surface area contributed by atoms with Gasteiger partial charge in [-0.25, -0.2) is 4.98 Å². The molecule has 4 heteroatoms. The van der Waals surface area contributed by atoms with Crippen LogP contribution in [0.2, 0.25) is 0 Å². The van der Waals surface area contributed by atoms with Gasteiger partial charge in [-0.15, -0.1) is 0 Å². The summed E-state index contributed by atoms with van der Waals surface area (Å²) < 4.78 is 10.4. The van der Waals surface area contributed by atoms with Gasteiger partial charge in [0.25, 0.3) is 5.19 Å².